The highest BCUT2D eigenvalue weighted by atomic mass is 35.5. The number of aliphatic hydroxyl groups excluding tert-OH is 1. The highest BCUT2D eigenvalue weighted by molar-refractivity contribution is 6.30. The fraction of sp³-hybridized carbons (Fsp3) is 0.235. The Labute approximate surface area is 128 Å². The predicted octanol–water partition coefficient (Wildman–Crippen LogP) is 3.66. The summed E-state index contributed by atoms with van der Waals surface area (Å²) in [6, 6.07) is 16.0. The van der Waals surface area contributed by atoms with Gasteiger partial charge in [-0.2, -0.15) is 0 Å². The lowest BCUT2D eigenvalue weighted by Crippen LogP contribution is -2.06. The summed E-state index contributed by atoms with van der Waals surface area (Å²) < 4.78 is 2.19. The number of benzene rings is 2. The van der Waals surface area contributed by atoms with Crippen molar-refractivity contribution >= 4 is 22.6 Å². The van der Waals surface area contributed by atoms with Crippen LogP contribution in [0.15, 0.2) is 48.5 Å². The maximum absolute atomic E-state index is 9.10. The molecule has 0 bridgehead atoms. The van der Waals surface area contributed by atoms with Crippen LogP contribution >= 0.6 is 11.6 Å². The molecule has 108 valence electrons. The number of nitrogens with zero attached hydrogens (tertiary/aromatic N) is 2. The monoisotopic (exact) mass is 300 g/mol. The Morgan fingerprint density at radius 1 is 1.05 bits per heavy atom. The number of imidazole rings is 1. The topological polar surface area (TPSA) is 38.0 Å². The first-order valence-electron chi connectivity index (χ1n) is 7.07. The molecule has 2 aromatic carbocycles. The molecule has 3 aromatic rings. The van der Waals surface area contributed by atoms with E-state index in [1.54, 1.807) is 0 Å². The molecule has 0 aliphatic heterocycles. The van der Waals surface area contributed by atoms with Crippen LogP contribution < -0.4 is 0 Å². The minimum absolute atomic E-state index is 0.187. The van der Waals surface area contributed by atoms with E-state index in [1.807, 2.05) is 42.5 Å². The van der Waals surface area contributed by atoms with Crippen LogP contribution in [0.1, 0.15) is 17.8 Å². The molecule has 0 fully saturated rings. The lowest BCUT2D eigenvalue weighted by atomic mass is 10.1. The van der Waals surface area contributed by atoms with E-state index in [2.05, 4.69) is 10.6 Å². The summed E-state index contributed by atoms with van der Waals surface area (Å²) in [5.74, 6) is 1.02. The van der Waals surface area contributed by atoms with Crippen molar-refractivity contribution in [2.75, 3.05) is 6.61 Å². The average molecular weight is 301 g/mol. The number of para-hydroxylation sites is 2. The SMILES string of the molecule is OCCCn1c(Cc2ccc(Cl)cc2)nc2ccccc21. The summed E-state index contributed by atoms with van der Waals surface area (Å²) in [4.78, 5) is 4.73. The zero-order valence-electron chi connectivity index (χ0n) is 11.7. The van der Waals surface area contributed by atoms with Crippen molar-refractivity contribution in [3.8, 4) is 0 Å². The summed E-state index contributed by atoms with van der Waals surface area (Å²) in [5.41, 5.74) is 3.30. The van der Waals surface area contributed by atoms with Crippen molar-refractivity contribution < 1.29 is 5.11 Å². The smallest absolute Gasteiger partial charge is 0.114 e. The molecule has 0 unspecified atom stereocenters. The largest absolute Gasteiger partial charge is 0.396 e. The molecule has 0 spiro atoms. The van der Waals surface area contributed by atoms with Crippen LogP contribution in [0.4, 0.5) is 0 Å². The zero-order chi connectivity index (χ0) is 14.7. The van der Waals surface area contributed by atoms with Crippen molar-refractivity contribution in [2.24, 2.45) is 0 Å². The molecule has 0 atom stereocenters. The van der Waals surface area contributed by atoms with Gasteiger partial charge in [0.05, 0.1) is 11.0 Å². The van der Waals surface area contributed by atoms with Gasteiger partial charge in [-0.05, 0) is 36.2 Å². The van der Waals surface area contributed by atoms with Crippen LogP contribution in [-0.4, -0.2) is 21.3 Å². The van der Waals surface area contributed by atoms with Crippen LogP contribution in [0.5, 0.6) is 0 Å². The van der Waals surface area contributed by atoms with E-state index in [0.29, 0.717) is 0 Å². The number of halogens is 1. The van der Waals surface area contributed by atoms with Crippen molar-refractivity contribution in [1.82, 2.24) is 9.55 Å². The van der Waals surface area contributed by atoms with Gasteiger partial charge < -0.3 is 9.67 Å². The quantitative estimate of drug-likeness (QED) is 0.781. The molecule has 1 aromatic heterocycles. The first-order chi connectivity index (χ1) is 10.3. The molecular formula is C17H17ClN2O. The number of rotatable bonds is 5. The lowest BCUT2D eigenvalue weighted by molar-refractivity contribution is 0.280. The summed E-state index contributed by atoms with van der Waals surface area (Å²) in [6.07, 6.45) is 1.49. The lowest BCUT2D eigenvalue weighted by Gasteiger charge is -2.08. The molecule has 0 saturated carbocycles. The van der Waals surface area contributed by atoms with E-state index < -0.39 is 0 Å². The van der Waals surface area contributed by atoms with Gasteiger partial charge in [0.1, 0.15) is 5.82 Å². The van der Waals surface area contributed by atoms with Crippen LogP contribution in [0.3, 0.4) is 0 Å². The number of fused-ring (bicyclic) bond motifs is 1. The molecule has 1 N–H and O–H groups in total. The number of hydrogen-bond donors (Lipinski definition) is 1. The van der Waals surface area contributed by atoms with Gasteiger partial charge in [0, 0.05) is 24.6 Å². The van der Waals surface area contributed by atoms with Gasteiger partial charge in [0.15, 0.2) is 0 Å². The van der Waals surface area contributed by atoms with Gasteiger partial charge in [-0.25, -0.2) is 4.98 Å². The minimum atomic E-state index is 0.187. The van der Waals surface area contributed by atoms with Crippen LogP contribution in [0.25, 0.3) is 11.0 Å². The van der Waals surface area contributed by atoms with Gasteiger partial charge in [0.2, 0.25) is 0 Å². The van der Waals surface area contributed by atoms with E-state index in [-0.39, 0.29) is 6.61 Å². The third-order valence-corrected chi connectivity index (χ3v) is 3.80. The fourth-order valence-electron chi connectivity index (χ4n) is 2.52. The number of aryl methyl sites for hydroxylation is 1. The Bertz CT molecular complexity index is 734. The standard InChI is InChI=1S/C17H17ClN2O/c18-14-8-6-13(7-9-14)12-17-19-15-4-1-2-5-16(15)20(17)10-3-11-21/h1-2,4-9,21H,3,10-12H2. The Morgan fingerprint density at radius 3 is 2.57 bits per heavy atom. The highest BCUT2D eigenvalue weighted by Gasteiger charge is 2.10. The summed E-state index contributed by atoms with van der Waals surface area (Å²) >= 11 is 5.93. The molecule has 0 aliphatic carbocycles. The number of aromatic nitrogens is 2. The third kappa shape index (κ3) is 3.09. The fourth-order valence-corrected chi connectivity index (χ4v) is 2.65. The van der Waals surface area contributed by atoms with Crippen molar-refractivity contribution in [2.45, 2.75) is 19.4 Å². The maximum Gasteiger partial charge on any atom is 0.114 e. The molecule has 0 amide bonds. The molecular weight excluding hydrogens is 284 g/mol. The Morgan fingerprint density at radius 2 is 1.81 bits per heavy atom. The first kappa shape index (κ1) is 14.1. The van der Waals surface area contributed by atoms with Crippen LogP contribution in [0.2, 0.25) is 5.02 Å². The Kier molecular flexibility index (Phi) is 4.23. The maximum atomic E-state index is 9.10. The number of aliphatic hydroxyl groups is 1. The van der Waals surface area contributed by atoms with E-state index in [0.717, 1.165) is 41.3 Å². The molecule has 21 heavy (non-hydrogen) atoms. The molecule has 0 aliphatic rings. The normalized spacial score (nSPS) is 11.1. The minimum Gasteiger partial charge on any atom is -0.396 e. The van der Waals surface area contributed by atoms with Crippen molar-refractivity contribution in [1.29, 1.82) is 0 Å². The molecule has 1 heterocycles. The molecule has 0 saturated heterocycles. The summed E-state index contributed by atoms with van der Waals surface area (Å²) in [6.45, 7) is 0.965. The molecule has 4 heteroatoms. The first-order valence-corrected chi connectivity index (χ1v) is 7.45. The summed E-state index contributed by atoms with van der Waals surface area (Å²) in [7, 11) is 0. The molecule has 3 nitrogen and oxygen atoms in total. The van der Waals surface area contributed by atoms with Crippen molar-refractivity contribution in [3.05, 3.63) is 64.9 Å². The van der Waals surface area contributed by atoms with Crippen LogP contribution in [-0.2, 0) is 13.0 Å². The van der Waals surface area contributed by atoms with Gasteiger partial charge in [0.25, 0.3) is 0 Å². The van der Waals surface area contributed by atoms with Crippen molar-refractivity contribution in [3.63, 3.8) is 0 Å². The van der Waals surface area contributed by atoms with E-state index >= 15 is 0 Å². The second kappa shape index (κ2) is 6.29. The average Bonchev–Trinajstić information content (AvgIpc) is 2.85. The summed E-state index contributed by atoms with van der Waals surface area (Å²) in [5, 5.41) is 9.84. The van der Waals surface area contributed by atoms with E-state index in [9.17, 15) is 0 Å². The van der Waals surface area contributed by atoms with Gasteiger partial charge in [-0.1, -0.05) is 35.9 Å². The third-order valence-electron chi connectivity index (χ3n) is 3.55. The zero-order valence-corrected chi connectivity index (χ0v) is 12.4. The second-order valence-electron chi connectivity index (χ2n) is 5.05. The molecule has 0 radical (unpaired) electrons. The Balaban J connectivity index is 1.97. The second-order valence-corrected chi connectivity index (χ2v) is 5.49. The van der Waals surface area contributed by atoms with Crippen LogP contribution in [0, 0.1) is 0 Å². The molecule has 3 rings (SSSR count). The highest BCUT2D eigenvalue weighted by Crippen LogP contribution is 2.20. The van der Waals surface area contributed by atoms with Gasteiger partial charge >= 0.3 is 0 Å². The van der Waals surface area contributed by atoms with Gasteiger partial charge in [-0.3, -0.25) is 0 Å². The van der Waals surface area contributed by atoms with Gasteiger partial charge in [-0.15, -0.1) is 0 Å². The Hall–Kier alpha value is -1.84. The van der Waals surface area contributed by atoms with E-state index in [1.165, 1.54) is 5.56 Å². The number of hydrogen-bond acceptors (Lipinski definition) is 2. The predicted molar refractivity (Wildman–Crippen MR) is 85.7 cm³/mol. The van der Waals surface area contributed by atoms with E-state index in [4.69, 9.17) is 21.7 Å².